The molecular formula is C29H37NO5. The van der Waals surface area contributed by atoms with Crippen LogP contribution in [0.25, 0.3) is 22.2 Å². The number of carboxylic acids is 1. The van der Waals surface area contributed by atoms with Crippen molar-refractivity contribution in [2.45, 2.75) is 71.5 Å². The molecule has 1 aliphatic carbocycles. The fraction of sp³-hybridized carbons (Fsp3) is 0.517. The van der Waals surface area contributed by atoms with Crippen molar-refractivity contribution in [1.82, 2.24) is 4.98 Å². The number of oxazole rings is 1. The van der Waals surface area contributed by atoms with Crippen LogP contribution in [0.5, 0.6) is 0 Å². The third-order valence-electron chi connectivity index (χ3n) is 6.93. The molecule has 2 atom stereocenters. The standard InChI is InChI=1S/C29H37NO5/c1-19(2)26-25(30-27(35-26)24-13-12-22-10-5-6-11-23(22)15-24)18-33-16-20-8-7-9-21(14-20)17-34-29(3,4)28(31)32/h5-6,10-13,15,19-21H,7-9,14,16-18H2,1-4H3,(H,31,32)/t20-,21+/m1/s1. The van der Waals surface area contributed by atoms with E-state index in [9.17, 15) is 9.90 Å². The van der Waals surface area contributed by atoms with Crippen LogP contribution < -0.4 is 0 Å². The van der Waals surface area contributed by atoms with E-state index in [0.29, 0.717) is 37.5 Å². The average Bonchev–Trinajstić information content (AvgIpc) is 3.27. The molecule has 1 fully saturated rings. The molecule has 3 aromatic rings. The second kappa shape index (κ2) is 10.9. The van der Waals surface area contributed by atoms with Gasteiger partial charge in [-0.05, 0) is 67.9 Å². The molecular weight excluding hydrogens is 442 g/mol. The van der Waals surface area contributed by atoms with Crippen LogP contribution in [0, 0.1) is 11.8 Å². The zero-order chi connectivity index (χ0) is 25.0. The summed E-state index contributed by atoms with van der Waals surface area (Å²) < 4.78 is 18.0. The molecule has 6 nitrogen and oxygen atoms in total. The highest BCUT2D eigenvalue weighted by Crippen LogP contribution is 2.32. The van der Waals surface area contributed by atoms with Gasteiger partial charge in [0.05, 0.1) is 13.2 Å². The van der Waals surface area contributed by atoms with Crippen LogP contribution in [-0.2, 0) is 20.9 Å². The minimum Gasteiger partial charge on any atom is -0.479 e. The van der Waals surface area contributed by atoms with Crippen LogP contribution in [0.1, 0.15) is 70.8 Å². The van der Waals surface area contributed by atoms with Gasteiger partial charge in [-0.15, -0.1) is 0 Å². The predicted molar refractivity (Wildman–Crippen MR) is 136 cm³/mol. The maximum atomic E-state index is 11.3. The van der Waals surface area contributed by atoms with Crippen molar-refractivity contribution in [2.24, 2.45) is 11.8 Å². The molecule has 0 unspecified atom stereocenters. The molecule has 2 aromatic carbocycles. The Hall–Kier alpha value is -2.70. The quantitative estimate of drug-likeness (QED) is 0.343. The van der Waals surface area contributed by atoms with Gasteiger partial charge in [0.25, 0.3) is 0 Å². The van der Waals surface area contributed by atoms with Crippen molar-refractivity contribution in [1.29, 1.82) is 0 Å². The summed E-state index contributed by atoms with van der Waals surface area (Å²) in [7, 11) is 0. The average molecular weight is 480 g/mol. The van der Waals surface area contributed by atoms with Gasteiger partial charge in [-0.3, -0.25) is 0 Å². The first-order valence-electron chi connectivity index (χ1n) is 12.7. The molecule has 0 saturated heterocycles. The van der Waals surface area contributed by atoms with Crippen LogP contribution in [0.3, 0.4) is 0 Å². The highest BCUT2D eigenvalue weighted by atomic mass is 16.5. The van der Waals surface area contributed by atoms with Crippen LogP contribution in [0.2, 0.25) is 0 Å². The smallest absolute Gasteiger partial charge is 0.335 e. The van der Waals surface area contributed by atoms with Crippen molar-refractivity contribution >= 4 is 16.7 Å². The number of ether oxygens (including phenoxy) is 2. The first kappa shape index (κ1) is 25.4. The number of fused-ring (bicyclic) bond motifs is 1. The summed E-state index contributed by atoms with van der Waals surface area (Å²) in [5, 5.41) is 11.6. The van der Waals surface area contributed by atoms with E-state index in [1.807, 2.05) is 12.1 Å². The molecule has 0 aliphatic heterocycles. The SMILES string of the molecule is CC(C)c1oc(-c2ccc3ccccc3c2)nc1COC[C@@H]1CCC[C@H](COC(C)(C)C(=O)O)C1. The first-order chi connectivity index (χ1) is 16.7. The summed E-state index contributed by atoms with van der Waals surface area (Å²) in [4.78, 5) is 16.1. The second-order valence-electron chi connectivity index (χ2n) is 10.6. The Morgan fingerprint density at radius 1 is 1.11 bits per heavy atom. The molecule has 35 heavy (non-hydrogen) atoms. The molecule has 1 heterocycles. The lowest BCUT2D eigenvalue weighted by atomic mass is 9.82. The summed E-state index contributed by atoms with van der Waals surface area (Å²) >= 11 is 0. The van der Waals surface area contributed by atoms with E-state index in [2.05, 4.69) is 44.2 Å². The van der Waals surface area contributed by atoms with Crippen molar-refractivity contribution < 1.29 is 23.8 Å². The lowest BCUT2D eigenvalue weighted by Gasteiger charge is -2.31. The third kappa shape index (κ3) is 6.30. The second-order valence-corrected chi connectivity index (χ2v) is 10.6. The Balaban J connectivity index is 1.36. The molecule has 4 rings (SSSR count). The van der Waals surface area contributed by atoms with Crippen LogP contribution in [-0.4, -0.2) is 34.9 Å². The van der Waals surface area contributed by atoms with Gasteiger partial charge < -0.3 is 19.0 Å². The minimum atomic E-state index is -1.15. The van der Waals surface area contributed by atoms with Gasteiger partial charge in [-0.1, -0.05) is 50.6 Å². The van der Waals surface area contributed by atoms with E-state index < -0.39 is 11.6 Å². The highest BCUT2D eigenvalue weighted by molar-refractivity contribution is 5.86. The molecule has 0 bridgehead atoms. The number of hydrogen-bond donors (Lipinski definition) is 1. The normalized spacial score (nSPS) is 18.9. The lowest BCUT2D eigenvalue weighted by molar-refractivity contribution is -0.163. The van der Waals surface area contributed by atoms with E-state index in [-0.39, 0.29) is 5.92 Å². The Labute approximate surface area is 207 Å². The van der Waals surface area contributed by atoms with Crippen molar-refractivity contribution in [3.8, 4) is 11.5 Å². The van der Waals surface area contributed by atoms with Gasteiger partial charge in [0, 0.05) is 18.1 Å². The number of hydrogen-bond acceptors (Lipinski definition) is 5. The fourth-order valence-corrected chi connectivity index (χ4v) is 4.78. The highest BCUT2D eigenvalue weighted by Gasteiger charge is 2.31. The Bertz CT molecular complexity index is 1150. The molecule has 1 aliphatic rings. The lowest BCUT2D eigenvalue weighted by Crippen LogP contribution is -2.37. The number of nitrogens with zero attached hydrogens (tertiary/aromatic N) is 1. The Kier molecular flexibility index (Phi) is 7.92. The van der Waals surface area contributed by atoms with E-state index in [0.717, 1.165) is 48.1 Å². The predicted octanol–water partition coefficient (Wildman–Crippen LogP) is 6.82. The molecule has 0 spiro atoms. The molecule has 1 saturated carbocycles. The van der Waals surface area contributed by atoms with E-state index in [4.69, 9.17) is 18.9 Å². The summed E-state index contributed by atoms with van der Waals surface area (Å²) in [5.41, 5.74) is 0.685. The van der Waals surface area contributed by atoms with E-state index in [1.54, 1.807) is 13.8 Å². The van der Waals surface area contributed by atoms with Crippen molar-refractivity contribution in [2.75, 3.05) is 13.2 Å². The van der Waals surface area contributed by atoms with E-state index >= 15 is 0 Å². The third-order valence-corrected chi connectivity index (χ3v) is 6.93. The zero-order valence-corrected chi connectivity index (χ0v) is 21.3. The number of aromatic nitrogens is 1. The number of aliphatic carboxylic acids is 1. The summed E-state index contributed by atoms with van der Waals surface area (Å²) in [5.74, 6) is 1.61. The monoisotopic (exact) mass is 479 g/mol. The molecule has 0 amide bonds. The first-order valence-corrected chi connectivity index (χ1v) is 12.7. The number of carboxylic acid groups (broad SMARTS) is 1. The zero-order valence-electron chi connectivity index (χ0n) is 21.3. The summed E-state index contributed by atoms with van der Waals surface area (Å²) in [6.45, 7) is 9.00. The van der Waals surface area contributed by atoms with Crippen LogP contribution in [0.15, 0.2) is 46.9 Å². The van der Waals surface area contributed by atoms with Gasteiger partial charge in [-0.2, -0.15) is 0 Å². The van der Waals surface area contributed by atoms with Gasteiger partial charge in [0.1, 0.15) is 11.5 Å². The number of rotatable bonds is 10. The van der Waals surface area contributed by atoms with Crippen molar-refractivity contribution in [3.63, 3.8) is 0 Å². The molecule has 188 valence electrons. The Morgan fingerprint density at radius 2 is 1.83 bits per heavy atom. The maximum absolute atomic E-state index is 11.3. The molecule has 1 aromatic heterocycles. The van der Waals surface area contributed by atoms with Crippen LogP contribution >= 0.6 is 0 Å². The fourth-order valence-electron chi connectivity index (χ4n) is 4.78. The number of benzene rings is 2. The van der Waals surface area contributed by atoms with Gasteiger partial charge >= 0.3 is 5.97 Å². The van der Waals surface area contributed by atoms with Gasteiger partial charge in [0.15, 0.2) is 5.60 Å². The maximum Gasteiger partial charge on any atom is 0.335 e. The summed E-state index contributed by atoms with van der Waals surface area (Å²) in [6, 6.07) is 14.5. The van der Waals surface area contributed by atoms with Gasteiger partial charge in [-0.25, -0.2) is 9.78 Å². The molecule has 6 heteroatoms. The van der Waals surface area contributed by atoms with Crippen LogP contribution in [0.4, 0.5) is 0 Å². The number of carbonyl (C=O) groups is 1. The topological polar surface area (TPSA) is 81.8 Å². The minimum absolute atomic E-state index is 0.212. The van der Waals surface area contributed by atoms with E-state index in [1.165, 1.54) is 5.39 Å². The van der Waals surface area contributed by atoms with Gasteiger partial charge in [0.2, 0.25) is 5.89 Å². The van der Waals surface area contributed by atoms with Crippen molar-refractivity contribution in [3.05, 3.63) is 53.9 Å². The largest absolute Gasteiger partial charge is 0.479 e. The Morgan fingerprint density at radius 3 is 2.54 bits per heavy atom. The molecule has 1 N–H and O–H groups in total. The summed E-state index contributed by atoms with van der Waals surface area (Å²) in [6.07, 6.45) is 4.30. The molecule has 0 radical (unpaired) electrons.